The van der Waals surface area contributed by atoms with E-state index >= 15 is 0 Å². The SMILES string of the molecule is CC(C)CC1CCC(c2ncc(-c3ccc(B4OC(C)(C)C(C)(C)O4)cc3)[nH]2)C1C(=O)OC(C)(C)C. The average molecular weight is 494 g/mol. The molecule has 1 aromatic carbocycles. The lowest BCUT2D eigenvalue weighted by Crippen LogP contribution is -2.41. The molecule has 196 valence electrons. The van der Waals surface area contributed by atoms with Gasteiger partial charge in [0.1, 0.15) is 11.4 Å². The highest BCUT2D eigenvalue weighted by Gasteiger charge is 2.51. The first-order valence-electron chi connectivity index (χ1n) is 13.4. The van der Waals surface area contributed by atoms with Crippen LogP contribution in [0.5, 0.6) is 0 Å². The lowest BCUT2D eigenvalue weighted by Gasteiger charge is -2.32. The van der Waals surface area contributed by atoms with Gasteiger partial charge >= 0.3 is 13.1 Å². The number of aromatic nitrogens is 2. The predicted octanol–water partition coefficient (Wildman–Crippen LogP) is 5.87. The standard InChI is InChI=1S/C29H43BN2O4/c1-18(2)16-20-12-15-22(24(20)26(33)34-27(3,4)5)25-31-17-23(32-25)19-10-13-21(14-11-19)30-35-28(6,7)29(8,9)36-30/h10-11,13-14,17-18,20,22,24H,12,15-16H2,1-9H3,(H,31,32). The number of hydrogen-bond acceptors (Lipinski definition) is 5. The van der Waals surface area contributed by atoms with Crippen molar-refractivity contribution in [3.05, 3.63) is 36.3 Å². The second kappa shape index (κ2) is 9.64. The predicted molar refractivity (Wildman–Crippen MR) is 144 cm³/mol. The minimum atomic E-state index is -0.500. The Morgan fingerprint density at radius 2 is 1.72 bits per heavy atom. The van der Waals surface area contributed by atoms with Crippen molar-refractivity contribution in [2.24, 2.45) is 17.8 Å². The quantitative estimate of drug-likeness (QED) is 0.402. The Balaban J connectivity index is 1.52. The van der Waals surface area contributed by atoms with Crippen LogP contribution in [0.1, 0.15) is 93.3 Å². The summed E-state index contributed by atoms with van der Waals surface area (Å²) < 4.78 is 18.2. The molecule has 2 fully saturated rings. The molecule has 3 atom stereocenters. The molecule has 2 heterocycles. The molecule has 0 spiro atoms. The van der Waals surface area contributed by atoms with Gasteiger partial charge in [-0.3, -0.25) is 4.79 Å². The van der Waals surface area contributed by atoms with Gasteiger partial charge in [0, 0.05) is 5.92 Å². The molecule has 2 aromatic rings. The van der Waals surface area contributed by atoms with Crippen LogP contribution in [0.15, 0.2) is 30.5 Å². The second-order valence-corrected chi connectivity index (χ2v) is 13.0. The van der Waals surface area contributed by atoms with Gasteiger partial charge in [-0.25, -0.2) is 4.98 Å². The van der Waals surface area contributed by atoms with Crippen LogP contribution in [-0.2, 0) is 18.8 Å². The maximum Gasteiger partial charge on any atom is 0.494 e. The number of H-pyrrole nitrogens is 1. The highest BCUT2D eigenvalue weighted by Crippen LogP contribution is 2.46. The molecule has 0 amide bonds. The number of esters is 1. The molecule has 0 bridgehead atoms. The van der Waals surface area contributed by atoms with E-state index in [1.807, 2.05) is 27.0 Å². The maximum absolute atomic E-state index is 13.3. The van der Waals surface area contributed by atoms with Crippen molar-refractivity contribution in [1.29, 1.82) is 0 Å². The molecule has 4 rings (SSSR count). The van der Waals surface area contributed by atoms with Crippen LogP contribution in [0.25, 0.3) is 11.3 Å². The van der Waals surface area contributed by atoms with Crippen LogP contribution in [0.3, 0.4) is 0 Å². The monoisotopic (exact) mass is 494 g/mol. The van der Waals surface area contributed by atoms with E-state index in [-0.39, 0.29) is 36.1 Å². The molecule has 1 aliphatic heterocycles. The third-order valence-electron chi connectivity index (χ3n) is 7.94. The number of hydrogen-bond donors (Lipinski definition) is 1. The smallest absolute Gasteiger partial charge is 0.460 e. The molecule has 6 nitrogen and oxygen atoms in total. The fourth-order valence-corrected chi connectivity index (χ4v) is 5.46. The molecule has 2 aliphatic rings. The second-order valence-electron chi connectivity index (χ2n) is 13.0. The molecule has 1 saturated heterocycles. The Bertz CT molecular complexity index is 1050. The Kier molecular flexibility index (Phi) is 7.21. The number of nitrogens with one attached hydrogen (secondary N) is 1. The van der Waals surface area contributed by atoms with E-state index in [2.05, 4.69) is 70.8 Å². The van der Waals surface area contributed by atoms with Gasteiger partial charge in [0.05, 0.1) is 29.0 Å². The molecule has 1 saturated carbocycles. The van der Waals surface area contributed by atoms with E-state index in [4.69, 9.17) is 19.0 Å². The molecule has 36 heavy (non-hydrogen) atoms. The highest BCUT2D eigenvalue weighted by molar-refractivity contribution is 6.62. The number of aromatic amines is 1. The Hall–Kier alpha value is -2.12. The number of nitrogens with zero attached hydrogens (tertiary/aromatic N) is 1. The summed E-state index contributed by atoms with van der Waals surface area (Å²) in [5.41, 5.74) is 1.75. The Morgan fingerprint density at radius 3 is 2.28 bits per heavy atom. The molecule has 3 unspecified atom stereocenters. The van der Waals surface area contributed by atoms with Crippen molar-refractivity contribution >= 4 is 18.6 Å². The van der Waals surface area contributed by atoms with E-state index in [1.54, 1.807) is 0 Å². The number of ether oxygens (including phenoxy) is 1. The molecule has 1 N–H and O–H groups in total. The average Bonchev–Trinajstić information content (AvgIpc) is 3.43. The Labute approximate surface area is 217 Å². The lowest BCUT2D eigenvalue weighted by molar-refractivity contribution is -0.162. The lowest BCUT2D eigenvalue weighted by atomic mass is 9.79. The first kappa shape index (κ1) is 26.9. The molecular weight excluding hydrogens is 451 g/mol. The summed E-state index contributed by atoms with van der Waals surface area (Å²) in [6.45, 7) is 18.5. The van der Waals surface area contributed by atoms with Gasteiger partial charge in [-0.15, -0.1) is 0 Å². The van der Waals surface area contributed by atoms with Crippen molar-refractivity contribution in [1.82, 2.24) is 9.97 Å². The summed E-state index contributed by atoms with van der Waals surface area (Å²) in [7, 11) is -0.382. The summed E-state index contributed by atoms with van der Waals surface area (Å²) in [6.07, 6.45) is 4.86. The third kappa shape index (κ3) is 5.57. The van der Waals surface area contributed by atoms with Crippen molar-refractivity contribution in [3.8, 4) is 11.3 Å². The fourth-order valence-electron chi connectivity index (χ4n) is 5.46. The van der Waals surface area contributed by atoms with Gasteiger partial charge < -0.3 is 19.0 Å². The van der Waals surface area contributed by atoms with Gasteiger partial charge in [0.15, 0.2) is 0 Å². The van der Waals surface area contributed by atoms with E-state index in [0.29, 0.717) is 11.8 Å². The van der Waals surface area contributed by atoms with Crippen LogP contribution < -0.4 is 5.46 Å². The Morgan fingerprint density at radius 1 is 1.11 bits per heavy atom. The highest BCUT2D eigenvalue weighted by atomic mass is 16.7. The molecule has 1 aliphatic carbocycles. The fraction of sp³-hybridized carbons (Fsp3) is 0.655. The first-order chi connectivity index (χ1) is 16.7. The van der Waals surface area contributed by atoms with E-state index in [1.165, 1.54) is 0 Å². The van der Waals surface area contributed by atoms with Crippen molar-refractivity contribution in [2.45, 2.75) is 104 Å². The van der Waals surface area contributed by atoms with E-state index < -0.39 is 5.60 Å². The topological polar surface area (TPSA) is 73.4 Å². The zero-order valence-corrected chi connectivity index (χ0v) is 23.5. The van der Waals surface area contributed by atoms with Crippen molar-refractivity contribution in [2.75, 3.05) is 0 Å². The van der Waals surface area contributed by atoms with Crippen LogP contribution in [0.4, 0.5) is 0 Å². The summed E-state index contributed by atoms with van der Waals surface area (Å²) in [5.74, 6) is 1.51. The van der Waals surface area contributed by atoms with Crippen LogP contribution in [0.2, 0.25) is 0 Å². The molecule has 7 heteroatoms. The van der Waals surface area contributed by atoms with Gasteiger partial charge in [-0.2, -0.15) is 0 Å². The van der Waals surface area contributed by atoms with E-state index in [9.17, 15) is 4.79 Å². The minimum Gasteiger partial charge on any atom is -0.460 e. The van der Waals surface area contributed by atoms with Crippen molar-refractivity contribution in [3.63, 3.8) is 0 Å². The minimum absolute atomic E-state index is 0.0429. The van der Waals surface area contributed by atoms with Crippen molar-refractivity contribution < 1.29 is 18.8 Å². The van der Waals surface area contributed by atoms with Gasteiger partial charge in [0.2, 0.25) is 0 Å². The molecule has 1 aromatic heterocycles. The summed E-state index contributed by atoms with van der Waals surface area (Å²) in [5, 5.41) is 0. The normalized spacial score (nSPS) is 25.5. The number of benzene rings is 1. The van der Waals surface area contributed by atoms with Crippen LogP contribution in [-0.4, -0.2) is 39.9 Å². The number of imidazole rings is 1. The largest absolute Gasteiger partial charge is 0.494 e. The summed E-state index contributed by atoms with van der Waals surface area (Å²) in [4.78, 5) is 21.5. The number of rotatable bonds is 6. The zero-order valence-electron chi connectivity index (χ0n) is 23.5. The summed E-state index contributed by atoms with van der Waals surface area (Å²) in [6, 6.07) is 8.24. The zero-order chi connectivity index (χ0) is 26.5. The third-order valence-corrected chi connectivity index (χ3v) is 7.94. The van der Waals surface area contributed by atoms with Gasteiger partial charge in [-0.05, 0) is 90.6 Å². The molecular formula is C29H43BN2O4. The molecule has 0 radical (unpaired) electrons. The van der Waals surface area contributed by atoms with Crippen LogP contribution in [0, 0.1) is 17.8 Å². The number of carbonyl (C=O) groups excluding carboxylic acids is 1. The van der Waals surface area contributed by atoms with Crippen LogP contribution >= 0.6 is 0 Å². The van der Waals surface area contributed by atoms with E-state index in [0.717, 1.165) is 41.8 Å². The van der Waals surface area contributed by atoms with Gasteiger partial charge in [-0.1, -0.05) is 38.1 Å². The number of carbonyl (C=O) groups is 1. The first-order valence-corrected chi connectivity index (χ1v) is 13.4. The maximum atomic E-state index is 13.3. The summed E-state index contributed by atoms with van der Waals surface area (Å²) >= 11 is 0. The van der Waals surface area contributed by atoms with Gasteiger partial charge in [0.25, 0.3) is 0 Å².